The van der Waals surface area contributed by atoms with Crippen LogP contribution in [0.5, 0.6) is 0 Å². The molecule has 1 atom stereocenters. The van der Waals surface area contributed by atoms with Crippen molar-refractivity contribution < 1.29 is 5.11 Å². The molecule has 2 rings (SSSR count). The zero-order chi connectivity index (χ0) is 11.7. The average molecular weight is 218 g/mol. The van der Waals surface area contributed by atoms with E-state index >= 15 is 0 Å². The van der Waals surface area contributed by atoms with Crippen LogP contribution in [-0.4, -0.2) is 19.9 Å². The fourth-order valence-corrected chi connectivity index (χ4v) is 1.60. The van der Waals surface area contributed by atoms with Gasteiger partial charge in [0.05, 0.1) is 6.20 Å². The molecule has 2 aromatic rings. The number of nitrogens with two attached hydrogens (primary N) is 1. The maximum Gasteiger partial charge on any atom is 0.111 e. The summed E-state index contributed by atoms with van der Waals surface area (Å²) in [5.74, 6) is 0. The van der Waals surface area contributed by atoms with Gasteiger partial charge in [-0.05, 0) is 13.0 Å². The van der Waals surface area contributed by atoms with Gasteiger partial charge in [0.1, 0.15) is 6.10 Å². The quantitative estimate of drug-likeness (QED) is 0.781. The van der Waals surface area contributed by atoms with Gasteiger partial charge in [-0.25, -0.2) is 0 Å². The number of aliphatic hydroxyl groups is 1. The Balaban J connectivity index is 2.43. The van der Waals surface area contributed by atoms with Crippen LogP contribution in [-0.2, 0) is 7.05 Å². The number of nitrogen functional groups attached to an aromatic ring is 1. The molecule has 5 nitrogen and oxygen atoms in total. The second kappa shape index (κ2) is 3.94. The van der Waals surface area contributed by atoms with Gasteiger partial charge in [0.25, 0.3) is 0 Å². The topological polar surface area (TPSA) is 77.0 Å². The first kappa shape index (κ1) is 10.6. The first-order valence-corrected chi connectivity index (χ1v) is 4.97. The SMILES string of the molecule is Cc1c(C(O)c2cnccc2N)cnn1C. The van der Waals surface area contributed by atoms with Crippen LogP contribution >= 0.6 is 0 Å². The van der Waals surface area contributed by atoms with Crippen molar-refractivity contribution in [3.05, 3.63) is 41.5 Å². The van der Waals surface area contributed by atoms with Crippen LogP contribution in [0.3, 0.4) is 0 Å². The molecule has 0 saturated carbocycles. The number of hydrogen-bond donors (Lipinski definition) is 2. The van der Waals surface area contributed by atoms with Crippen molar-refractivity contribution in [3.8, 4) is 0 Å². The normalized spacial score (nSPS) is 12.7. The highest BCUT2D eigenvalue weighted by Crippen LogP contribution is 2.27. The zero-order valence-corrected chi connectivity index (χ0v) is 9.25. The fraction of sp³-hybridized carbons (Fsp3) is 0.273. The van der Waals surface area contributed by atoms with E-state index in [1.807, 2.05) is 14.0 Å². The van der Waals surface area contributed by atoms with Crippen LogP contribution in [0.15, 0.2) is 24.7 Å². The molecule has 0 aromatic carbocycles. The van der Waals surface area contributed by atoms with Crippen molar-refractivity contribution >= 4 is 5.69 Å². The summed E-state index contributed by atoms with van der Waals surface area (Å²) >= 11 is 0. The molecule has 5 heteroatoms. The van der Waals surface area contributed by atoms with Crippen molar-refractivity contribution in [3.63, 3.8) is 0 Å². The van der Waals surface area contributed by atoms with Crippen molar-refractivity contribution in [2.24, 2.45) is 7.05 Å². The van der Waals surface area contributed by atoms with E-state index in [2.05, 4.69) is 10.1 Å². The Bertz CT molecular complexity index is 506. The van der Waals surface area contributed by atoms with Crippen molar-refractivity contribution in [2.75, 3.05) is 5.73 Å². The zero-order valence-electron chi connectivity index (χ0n) is 9.25. The minimum Gasteiger partial charge on any atom is -0.398 e. The van der Waals surface area contributed by atoms with E-state index in [4.69, 9.17) is 5.73 Å². The second-order valence-corrected chi connectivity index (χ2v) is 3.72. The molecule has 0 fully saturated rings. The third-order valence-corrected chi connectivity index (χ3v) is 2.75. The van der Waals surface area contributed by atoms with Crippen LogP contribution in [0.2, 0.25) is 0 Å². The first-order chi connectivity index (χ1) is 7.61. The van der Waals surface area contributed by atoms with Gasteiger partial charge in [-0.3, -0.25) is 9.67 Å². The van der Waals surface area contributed by atoms with E-state index in [1.54, 1.807) is 29.3 Å². The van der Waals surface area contributed by atoms with Gasteiger partial charge >= 0.3 is 0 Å². The van der Waals surface area contributed by atoms with Gasteiger partial charge < -0.3 is 10.8 Å². The molecule has 16 heavy (non-hydrogen) atoms. The summed E-state index contributed by atoms with van der Waals surface area (Å²) in [6.45, 7) is 1.90. The summed E-state index contributed by atoms with van der Waals surface area (Å²) in [7, 11) is 1.83. The van der Waals surface area contributed by atoms with Crippen molar-refractivity contribution in [2.45, 2.75) is 13.0 Å². The smallest absolute Gasteiger partial charge is 0.111 e. The van der Waals surface area contributed by atoms with Gasteiger partial charge in [0.2, 0.25) is 0 Å². The van der Waals surface area contributed by atoms with E-state index < -0.39 is 6.10 Å². The highest BCUT2D eigenvalue weighted by molar-refractivity contribution is 5.48. The lowest BCUT2D eigenvalue weighted by Crippen LogP contribution is -2.05. The molecule has 0 aliphatic heterocycles. The number of hydrogen-bond acceptors (Lipinski definition) is 4. The summed E-state index contributed by atoms with van der Waals surface area (Å²) < 4.78 is 1.71. The standard InChI is InChI=1S/C11H14N4O/c1-7-8(6-14-15(7)2)11(16)9-5-13-4-3-10(9)12/h3-6,11,16H,1-2H3,(H2,12,13). The third-order valence-electron chi connectivity index (χ3n) is 2.75. The van der Waals surface area contributed by atoms with Gasteiger partial charge in [0.15, 0.2) is 0 Å². The minimum atomic E-state index is -0.776. The molecule has 0 aliphatic carbocycles. The van der Waals surface area contributed by atoms with E-state index in [1.165, 1.54) is 0 Å². The Labute approximate surface area is 93.5 Å². The second-order valence-electron chi connectivity index (χ2n) is 3.72. The predicted molar refractivity (Wildman–Crippen MR) is 60.7 cm³/mol. The van der Waals surface area contributed by atoms with Crippen LogP contribution in [0.1, 0.15) is 22.9 Å². The maximum atomic E-state index is 10.2. The van der Waals surface area contributed by atoms with E-state index in [0.29, 0.717) is 11.3 Å². The number of aliphatic hydroxyl groups excluding tert-OH is 1. The third kappa shape index (κ3) is 1.65. The largest absolute Gasteiger partial charge is 0.398 e. The summed E-state index contributed by atoms with van der Waals surface area (Å²) in [4.78, 5) is 3.96. The lowest BCUT2D eigenvalue weighted by molar-refractivity contribution is 0.219. The number of anilines is 1. The van der Waals surface area contributed by atoms with Gasteiger partial charge in [0, 0.05) is 41.9 Å². The Hall–Kier alpha value is -1.88. The molecule has 0 spiro atoms. The van der Waals surface area contributed by atoms with Crippen LogP contribution in [0.25, 0.3) is 0 Å². The van der Waals surface area contributed by atoms with Gasteiger partial charge in [-0.15, -0.1) is 0 Å². The van der Waals surface area contributed by atoms with Crippen molar-refractivity contribution in [1.29, 1.82) is 0 Å². The predicted octanol–water partition coefficient (Wildman–Crippen LogP) is 0.787. The fourth-order valence-electron chi connectivity index (χ4n) is 1.60. The molecule has 0 saturated heterocycles. The number of pyridine rings is 1. The van der Waals surface area contributed by atoms with Crippen molar-refractivity contribution in [1.82, 2.24) is 14.8 Å². The van der Waals surface area contributed by atoms with E-state index in [-0.39, 0.29) is 0 Å². The van der Waals surface area contributed by atoms with Gasteiger partial charge in [-0.1, -0.05) is 0 Å². The Morgan fingerprint density at radius 2 is 2.12 bits per heavy atom. The highest BCUT2D eigenvalue weighted by Gasteiger charge is 2.18. The summed E-state index contributed by atoms with van der Waals surface area (Å²) in [5.41, 5.74) is 8.60. The molecule has 84 valence electrons. The van der Waals surface area contributed by atoms with Gasteiger partial charge in [-0.2, -0.15) is 5.10 Å². The Morgan fingerprint density at radius 3 is 2.69 bits per heavy atom. The molecule has 3 N–H and O–H groups in total. The lowest BCUT2D eigenvalue weighted by atomic mass is 10.0. The molecule has 0 amide bonds. The molecule has 0 radical (unpaired) electrons. The van der Waals surface area contributed by atoms with E-state index in [9.17, 15) is 5.11 Å². The lowest BCUT2D eigenvalue weighted by Gasteiger charge is -2.12. The summed E-state index contributed by atoms with van der Waals surface area (Å²) in [6.07, 6.45) is 4.04. The number of aryl methyl sites for hydroxylation is 1. The molecule has 2 heterocycles. The minimum absolute atomic E-state index is 0.533. The van der Waals surface area contributed by atoms with Crippen LogP contribution in [0.4, 0.5) is 5.69 Å². The summed E-state index contributed by atoms with van der Waals surface area (Å²) in [6, 6.07) is 1.67. The Kier molecular flexibility index (Phi) is 2.62. The monoisotopic (exact) mass is 218 g/mol. The maximum absolute atomic E-state index is 10.2. The number of rotatable bonds is 2. The summed E-state index contributed by atoms with van der Waals surface area (Å²) in [5, 5.41) is 14.3. The van der Waals surface area contributed by atoms with E-state index in [0.717, 1.165) is 11.3 Å². The van der Waals surface area contributed by atoms with Crippen LogP contribution in [0, 0.1) is 6.92 Å². The Morgan fingerprint density at radius 1 is 1.38 bits per heavy atom. The molecule has 0 bridgehead atoms. The molecular weight excluding hydrogens is 204 g/mol. The average Bonchev–Trinajstić information content (AvgIpc) is 2.60. The number of nitrogens with zero attached hydrogens (tertiary/aromatic N) is 3. The molecule has 1 unspecified atom stereocenters. The molecule has 2 aromatic heterocycles. The first-order valence-electron chi connectivity index (χ1n) is 4.97. The number of aromatic nitrogens is 3. The van der Waals surface area contributed by atoms with Crippen LogP contribution < -0.4 is 5.73 Å². The molecule has 0 aliphatic rings. The molecular formula is C11H14N4O. The highest BCUT2D eigenvalue weighted by atomic mass is 16.3.